The van der Waals surface area contributed by atoms with E-state index in [4.69, 9.17) is 4.74 Å². The minimum Gasteiger partial charge on any atom is -0.377 e. The topological polar surface area (TPSA) is 33.5 Å². The van der Waals surface area contributed by atoms with Gasteiger partial charge in [0.25, 0.3) is 0 Å². The molecule has 2 unspecified atom stereocenters. The molecule has 1 saturated heterocycles. The molecular formula is C18H32N4O. The van der Waals surface area contributed by atoms with Crippen LogP contribution < -0.4 is 0 Å². The van der Waals surface area contributed by atoms with Gasteiger partial charge in [-0.25, -0.2) is 4.98 Å². The van der Waals surface area contributed by atoms with Crippen LogP contribution in [-0.4, -0.2) is 64.8 Å². The summed E-state index contributed by atoms with van der Waals surface area (Å²) in [5, 5.41) is 0. The minimum atomic E-state index is 0.508. The fourth-order valence-electron chi connectivity index (χ4n) is 3.78. The molecule has 0 spiro atoms. The molecular weight excluding hydrogens is 288 g/mol. The third-order valence-corrected chi connectivity index (χ3v) is 5.52. The number of rotatable bonds is 6. The van der Waals surface area contributed by atoms with Crippen LogP contribution in [0.5, 0.6) is 0 Å². The first-order chi connectivity index (χ1) is 11.2. The van der Waals surface area contributed by atoms with Crippen LogP contribution in [0, 0.1) is 5.92 Å². The highest BCUT2D eigenvalue weighted by Crippen LogP contribution is 2.26. The number of hydrogen-bond donors (Lipinski definition) is 0. The summed E-state index contributed by atoms with van der Waals surface area (Å²) >= 11 is 0. The lowest BCUT2D eigenvalue weighted by Gasteiger charge is -2.35. The van der Waals surface area contributed by atoms with Gasteiger partial charge < -0.3 is 9.30 Å². The smallest absolute Gasteiger partial charge is 0.122 e. The standard InChI is InChI=1S/C18H32N4O/c1-16-5-3-4-6-17(16)23-14-13-21-9-11-22(12-10-21)15-18-19-7-8-20(18)2/h7-8,16-17H,3-6,9-15H2,1-2H3. The maximum absolute atomic E-state index is 6.16. The summed E-state index contributed by atoms with van der Waals surface area (Å²) in [6.07, 6.45) is 9.76. The van der Waals surface area contributed by atoms with Crippen molar-refractivity contribution in [2.24, 2.45) is 13.0 Å². The van der Waals surface area contributed by atoms with Crippen molar-refractivity contribution in [1.82, 2.24) is 19.4 Å². The van der Waals surface area contributed by atoms with Gasteiger partial charge in [-0.05, 0) is 18.8 Å². The largest absolute Gasteiger partial charge is 0.377 e. The van der Waals surface area contributed by atoms with Crippen molar-refractivity contribution < 1.29 is 4.74 Å². The molecule has 3 rings (SSSR count). The molecule has 1 aliphatic heterocycles. The summed E-state index contributed by atoms with van der Waals surface area (Å²) in [7, 11) is 2.07. The molecule has 0 bridgehead atoms. The van der Waals surface area contributed by atoms with E-state index in [1.807, 2.05) is 12.4 Å². The van der Waals surface area contributed by atoms with Crippen molar-refractivity contribution in [2.75, 3.05) is 39.3 Å². The minimum absolute atomic E-state index is 0.508. The van der Waals surface area contributed by atoms with Crippen LogP contribution in [0.2, 0.25) is 0 Å². The monoisotopic (exact) mass is 320 g/mol. The Morgan fingerprint density at radius 3 is 2.57 bits per heavy atom. The Labute approximate surface area is 140 Å². The van der Waals surface area contributed by atoms with Crippen LogP contribution in [0.3, 0.4) is 0 Å². The van der Waals surface area contributed by atoms with Crippen molar-refractivity contribution in [3.8, 4) is 0 Å². The van der Waals surface area contributed by atoms with Gasteiger partial charge in [-0.2, -0.15) is 0 Å². The normalized spacial score (nSPS) is 27.4. The highest BCUT2D eigenvalue weighted by atomic mass is 16.5. The molecule has 1 saturated carbocycles. The molecule has 2 heterocycles. The molecule has 5 heteroatoms. The molecule has 0 aromatic carbocycles. The van der Waals surface area contributed by atoms with Gasteiger partial charge in [0.05, 0.1) is 19.3 Å². The van der Waals surface area contributed by atoms with Gasteiger partial charge in [-0.15, -0.1) is 0 Å². The predicted octanol–water partition coefficient (Wildman–Crippen LogP) is 2.13. The summed E-state index contributed by atoms with van der Waals surface area (Å²) in [6, 6.07) is 0. The van der Waals surface area contributed by atoms with Crippen molar-refractivity contribution >= 4 is 0 Å². The van der Waals surface area contributed by atoms with Crippen LogP contribution in [0.4, 0.5) is 0 Å². The van der Waals surface area contributed by atoms with E-state index in [2.05, 4.69) is 33.3 Å². The van der Waals surface area contributed by atoms with Crippen LogP contribution >= 0.6 is 0 Å². The number of aromatic nitrogens is 2. The average Bonchev–Trinajstić information content (AvgIpc) is 2.96. The first kappa shape index (κ1) is 16.9. The van der Waals surface area contributed by atoms with E-state index in [9.17, 15) is 0 Å². The van der Waals surface area contributed by atoms with Gasteiger partial charge in [0.1, 0.15) is 5.82 Å². The second-order valence-electron chi connectivity index (χ2n) is 7.24. The lowest BCUT2D eigenvalue weighted by Crippen LogP contribution is -2.47. The molecule has 130 valence electrons. The maximum atomic E-state index is 6.16. The predicted molar refractivity (Wildman–Crippen MR) is 92.3 cm³/mol. The Hall–Kier alpha value is -0.910. The first-order valence-electron chi connectivity index (χ1n) is 9.25. The number of hydrogen-bond acceptors (Lipinski definition) is 4. The Morgan fingerprint density at radius 2 is 1.87 bits per heavy atom. The molecule has 5 nitrogen and oxygen atoms in total. The summed E-state index contributed by atoms with van der Waals surface area (Å²) in [6.45, 7) is 9.85. The summed E-state index contributed by atoms with van der Waals surface area (Å²) in [5.74, 6) is 1.91. The van der Waals surface area contributed by atoms with E-state index in [1.165, 1.54) is 25.7 Å². The van der Waals surface area contributed by atoms with E-state index in [1.54, 1.807) is 0 Å². The maximum Gasteiger partial charge on any atom is 0.122 e. The quantitative estimate of drug-likeness (QED) is 0.804. The second kappa shape index (κ2) is 8.27. The lowest BCUT2D eigenvalue weighted by molar-refractivity contribution is -0.0183. The molecule has 0 amide bonds. The van der Waals surface area contributed by atoms with Gasteiger partial charge in [-0.3, -0.25) is 9.80 Å². The van der Waals surface area contributed by atoms with E-state index in [-0.39, 0.29) is 0 Å². The van der Waals surface area contributed by atoms with Gasteiger partial charge in [-0.1, -0.05) is 19.8 Å². The fourth-order valence-corrected chi connectivity index (χ4v) is 3.78. The van der Waals surface area contributed by atoms with Crippen molar-refractivity contribution in [2.45, 2.75) is 45.3 Å². The van der Waals surface area contributed by atoms with Gasteiger partial charge >= 0.3 is 0 Å². The van der Waals surface area contributed by atoms with Gasteiger partial charge in [0, 0.05) is 52.2 Å². The number of ether oxygens (including phenoxy) is 1. The molecule has 2 aliphatic rings. The molecule has 1 aromatic rings. The van der Waals surface area contributed by atoms with Gasteiger partial charge in [0.15, 0.2) is 0 Å². The molecule has 0 radical (unpaired) electrons. The molecule has 0 N–H and O–H groups in total. The number of piperazine rings is 1. The molecule has 2 atom stereocenters. The van der Waals surface area contributed by atoms with E-state index >= 15 is 0 Å². The average molecular weight is 320 g/mol. The number of imidazole rings is 1. The highest BCUT2D eigenvalue weighted by Gasteiger charge is 2.22. The summed E-state index contributed by atoms with van der Waals surface area (Å²) in [4.78, 5) is 9.47. The van der Waals surface area contributed by atoms with E-state index in [0.717, 1.165) is 57.6 Å². The Balaban J connectivity index is 1.32. The third kappa shape index (κ3) is 4.78. The van der Waals surface area contributed by atoms with E-state index < -0.39 is 0 Å². The molecule has 2 fully saturated rings. The second-order valence-corrected chi connectivity index (χ2v) is 7.24. The Bertz CT molecular complexity index is 467. The zero-order chi connectivity index (χ0) is 16.1. The lowest BCUT2D eigenvalue weighted by atomic mass is 9.88. The van der Waals surface area contributed by atoms with Crippen molar-refractivity contribution in [3.63, 3.8) is 0 Å². The third-order valence-electron chi connectivity index (χ3n) is 5.52. The summed E-state index contributed by atoms with van der Waals surface area (Å²) < 4.78 is 8.27. The van der Waals surface area contributed by atoms with Crippen molar-refractivity contribution in [3.05, 3.63) is 18.2 Å². The van der Waals surface area contributed by atoms with E-state index in [0.29, 0.717) is 6.10 Å². The van der Waals surface area contributed by atoms with Gasteiger partial charge in [0.2, 0.25) is 0 Å². The zero-order valence-electron chi connectivity index (χ0n) is 14.8. The zero-order valence-corrected chi connectivity index (χ0v) is 14.8. The first-order valence-corrected chi connectivity index (χ1v) is 9.25. The van der Waals surface area contributed by atoms with Crippen molar-refractivity contribution in [1.29, 1.82) is 0 Å². The van der Waals surface area contributed by atoms with Crippen LogP contribution in [0.15, 0.2) is 12.4 Å². The molecule has 1 aliphatic carbocycles. The number of nitrogens with zero attached hydrogens (tertiary/aromatic N) is 4. The Morgan fingerprint density at radius 1 is 1.13 bits per heavy atom. The highest BCUT2D eigenvalue weighted by molar-refractivity contribution is 4.91. The Kier molecular flexibility index (Phi) is 6.08. The van der Waals surface area contributed by atoms with Crippen LogP contribution in [0.1, 0.15) is 38.4 Å². The molecule has 1 aromatic heterocycles. The number of aryl methyl sites for hydroxylation is 1. The molecule has 23 heavy (non-hydrogen) atoms. The van der Waals surface area contributed by atoms with Crippen LogP contribution in [-0.2, 0) is 18.3 Å². The SMILES string of the molecule is CC1CCCCC1OCCN1CCN(Cc2nccn2C)CC1. The van der Waals surface area contributed by atoms with Crippen LogP contribution in [0.25, 0.3) is 0 Å². The summed E-state index contributed by atoms with van der Waals surface area (Å²) in [5.41, 5.74) is 0. The fraction of sp³-hybridized carbons (Fsp3) is 0.833.